The van der Waals surface area contributed by atoms with Crippen LogP contribution in [0.3, 0.4) is 0 Å². The van der Waals surface area contributed by atoms with Gasteiger partial charge in [-0.2, -0.15) is 0 Å². The van der Waals surface area contributed by atoms with Crippen LogP contribution in [-0.2, 0) is 4.79 Å². The summed E-state index contributed by atoms with van der Waals surface area (Å²) in [6.07, 6.45) is 3.10. The summed E-state index contributed by atoms with van der Waals surface area (Å²) in [5, 5.41) is 2.80. The van der Waals surface area contributed by atoms with Crippen molar-refractivity contribution in [1.29, 1.82) is 0 Å². The molecule has 0 aliphatic carbocycles. The third-order valence-corrected chi connectivity index (χ3v) is 2.95. The number of amides is 3. The summed E-state index contributed by atoms with van der Waals surface area (Å²) >= 11 is 0. The van der Waals surface area contributed by atoms with Crippen LogP contribution in [0.15, 0.2) is 0 Å². The van der Waals surface area contributed by atoms with Gasteiger partial charge in [-0.15, -0.1) is 0 Å². The molecular formula is C11H21N3O2. The summed E-state index contributed by atoms with van der Waals surface area (Å²) in [5.41, 5.74) is 5.01. The van der Waals surface area contributed by atoms with Crippen LogP contribution in [0.2, 0.25) is 0 Å². The molecule has 0 unspecified atom stereocenters. The van der Waals surface area contributed by atoms with E-state index in [4.69, 9.17) is 5.73 Å². The first kappa shape index (κ1) is 12.8. The standard InChI is InChI=1S/C11H21N3O2/c1-9-4-7-14(8-5-9)11(16)13-6-2-3-10(12)15/h9H,2-8H2,1H3,(H2,12,15)(H,13,16). The molecule has 92 valence electrons. The number of nitrogens with zero attached hydrogens (tertiary/aromatic N) is 1. The number of piperidine rings is 1. The van der Waals surface area contributed by atoms with Gasteiger partial charge in [-0.05, 0) is 25.2 Å². The molecule has 0 bridgehead atoms. The molecule has 1 saturated heterocycles. The minimum Gasteiger partial charge on any atom is -0.370 e. The second-order valence-electron chi connectivity index (χ2n) is 4.47. The third kappa shape index (κ3) is 4.51. The van der Waals surface area contributed by atoms with E-state index in [2.05, 4.69) is 12.2 Å². The summed E-state index contributed by atoms with van der Waals surface area (Å²) < 4.78 is 0. The Bertz CT molecular complexity index is 248. The Kier molecular flexibility index (Phi) is 5.08. The lowest BCUT2D eigenvalue weighted by atomic mass is 10.00. The number of carbonyl (C=O) groups is 2. The van der Waals surface area contributed by atoms with Gasteiger partial charge in [0.2, 0.25) is 5.91 Å². The first-order valence-corrected chi connectivity index (χ1v) is 5.90. The quantitative estimate of drug-likeness (QED) is 0.693. The molecule has 0 spiro atoms. The fourth-order valence-corrected chi connectivity index (χ4v) is 1.78. The number of likely N-dealkylation sites (tertiary alicyclic amines) is 1. The van der Waals surface area contributed by atoms with Crippen LogP contribution in [0, 0.1) is 5.92 Å². The molecule has 16 heavy (non-hydrogen) atoms. The predicted molar refractivity (Wildman–Crippen MR) is 61.8 cm³/mol. The van der Waals surface area contributed by atoms with E-state index in [-0.39, 0.29) is 11.9 Å². The summed E-state index contributed by atoms with van der Waals surface area (Å²) in [7, 11) is 0. The monoisotopic (exact) mass is 227 g/mol. The summed E-state index contributed by atoms with van der Waals surface area (Å²) in [6.45, 7) is 4.40. The maximum absolute atomic E-state index is 11.6. The van der Waals surface area contributed by atoms with E-state index in [1.54, 1.807) is 0 Å². The topological polar surface area (TPSA) is 75.4 Å². The normalized spacial score (nSPS) is 17.2. The largest absolute Gasteiger partial charge is 0.370 e. The van der Waals surface area contributed by atoms with Crippen LogP contribution < -0.4 is 11.1 Å². The number of primary amides is 1. The Hall–Kier alpha value is -1.26. The van der Waals surface area contributed by atoms with E-state index >= 15 is 0 Å². The molecule has 0 radical (unpaired) electrons. The van der Waals surface area contributed by atoms with E-state index in [0.717, 1.165) is 31.8 Å². The first-order valence-electron chi connectivity index (χ1n) is 5.90. The predicted octanol–water partition coefficient (Wildman–Crippen LogP) is 0.693. The maximum atomic E-state index is 11.6. The van der Waals surface area contributed by atoms with E-state index < -0.39 is 0 Å². The van der Waals surface area contributed by atoms with Gasteiger partial charge in [0, 0.05) is 26.1 Å². The van der Waals surface area contributed by atoms with Gasteiger partial charge in [-0.25, -0.2) is 4.79 Å². The molecule has 0 aromatic rings. The van der Waals surface area contributed by atoms with E-state index in [9.17, 15) is 9.59 Å². The molecule has 3 N–H and O–H groups in total. The van der Waals surface area contributed by atoms with Gasteiger partial charge in [-0.3, -0.25) is 4.79 Å². The molecule has 0 saturated carbocycles. The van der Waals surface area contributed by atoms with Crippen molar-refractivity contribution < 1.29 is 9.59 Å². The summed E-state index contributed by atoms with van der Waals surface area (Å²) in [6, 6.07) is -0.0172. The van der Waals surface area contributed by atoms with Gasteiger partial charge >= 0.3 is 6.03 Å². The van der Waals surface area contributed by atoms with Crippen molar-refractivity contribution in [2.45, 2.75) is 32.6 Å². The minimum atomic E-state index is -0.318. The van der Waals surface area contributed by atoms with E-state index in [0.29, 0.717) is 19.4 Å². The molecule has 1 fully saturated rings. The highest BCUT2D eigenvalue weighted by Gasteiger charge is 2.19. The highest BCUT2D eigenvalue weighted by molar-refractivity contribution is 5.75. The zero-order valence-corrected chi connectivity index (χ0v) is 9.87. The Balaban J connectivity index is 2.12. The fourth-order valence-electron chi connectivity index (χ4n) is 1.78. The van der Waals surface area contributed by atoms with Gasteiger partial charge < -0.3 is 16.0 Å². The first-order chi connectivity index (χ1) is 7.59. The van der Waals surface area contributed by atoms with Gasteiger partial charge in [-0.1, -0.05) is 6.92 Å². The molecule has 1 aliphatic heterocycles. The average molecular weight is 227 g/mol. The van der Waals surface area contributed by atoms with E-state index in [1.807, 2.05) is 4.90 Å². The summed E-state index contributed by atoms with van der Waals surface area (Å²) in [4.78, 5) is 24.0. The molecule has 0 aromatic carbocycles. The highest BCUT2D eigenvalue weighted by Crippen LogP contribution is 2.15. The third-order valence-electron chi connectivity index (χ3n) is 2.95. The Morgan fingerprint density at radius 1 is 1.38 bits per heavy atom. The lowest BCUT2D eigenvalue weighted by Crippen LogP contribution is -2.44. The SMILES string of the molecule is CC1CCN(C(=O)NCCCC(N)=O)CC1. The number of nitrogens with one attached hydrogen (secondary N) is 1. The van der Waals surface area contributed by atoms with Gasteiger partial charge in [0.05, 0.1) is 0 Å². The number of carbonyl (C=O) groups excluding carboxylic acids is 2. The molecule has 1 rings (SSSR count). The van der Waals surface area contributed by atoms with Crippen molar-refractivity contribution in [1.82, 2.24) is 10.2 Å². The molecule has 5 nitrogen and oxygen atoms in total. The molecule has 5 heteroatoms. The molecule has 1 aliphatic rings. The number of hydrogen-bond acceptors (Lipinski definition) is 2. The van der Waals surface area contributed by atoms with Crippen molar-refractivity contribution in [2.24, 2.45) is 11.7 Å². The van der Waals surface area contributed by atoms with Gasteiger partial charge in [0.15, 0.2) is 0 Å². The highest BCUT2D eigenvalue weighted by atomic mass is 16.2. The van der Waals surface area contributed by atoms with Gasteiger partial charge in [0.25, 0.3) is 0 Å². The number of hydrogen-bond donors (Lipinski definition) is 2. The molecule has 0 aromatic heterocycles. The van der Waals surface area contributed by atoms with Crippen LogP contribution in [0.1, 0.15) is 32.6 Å². The van der Waals surface area contributed by atoms with Crippen LogP contribution in [0.4, 0.5) is 4.79 Å². The second-order valence-corrected chi connectivity index (χ2v) is 4.47. The molecule has 3 amide bonds. The zero-order chi connectivity index (χ0) is 12.0. The van der Waals surface area contributed by atoms with Crippen LogP contribution in [-0.4, -0.2) is 36.5 Å². The van der Waals surface area contributed by atoms with Crippen LogP contribution >= 0.6 is 0 Å². The lowest BCUT2D eigenvalue weighted by molar-refractivity contribution is -0.118. The van der Waals surface area contributed by atoms with Crippen LogP contribution in [0.25, 0.3) is 0 Å². The number of urea groups is 1. The Morgan fingerprint density at radius 2 is 2.00 bits per heavy atom. The molecular weight excluding hydrogens is 206 g/mol. The molecule has 0 atom stereocenters. The number of nitrogens with two attached hydrogens (primary N) is 1. The van der Waals surface area contributed by atoms with E-state index in [1.165, 1.54) is 0 Å². The zero-order valence-electron chi connectivity index (χ0n) is 9.87. The maximum Gasteiger partial charge on any atom is 0.317 e. The van der Waals surface area contributed by atoms with Crippen molar-refractivity contribution in [3.05, 3.63) is 0 Å². The lowest BCUT2D eigenvalue weighted by Gasteiger charge is -2.30. The average Bonchev–Trinajstić information content (AvgIpc) is 2.25. The fraction of sp³-hybridized carbons (Fsp3) is 0.818. The van der Waals surface area contributed by atoms with Crippen molar-refractivity contribution in [3.63, 3.8) is 0 Å². The smallest absolute Gasteiger partial charge is 0.317 e. The number of rotatable bonds is 4. The van der Waals surface area contributed by atoms with Gasteiger partial charge in [0.1, 0.15) is 0 Å². The Morgan fingerprint density at radius 3 is 2.56 bits per heavy atom. The minimum absolute atomic E-state index is 0.0172. The van der Waals surface area contributed by atoms with Crippen LogP contribution in [0.5, 0.6) is 0 Å². The van der Waals surface area contributed by atoms with Crippen molar-refractivity contribution in [3.8, 4) is 0 Å². The van der Waals surface area contributed by atoms with Crippen molar-refractivity contribution >= 4 is 11.9 Å². The van der Waals surface area contributed by atoms with Crippen molar-refractivity contribution in [2.75, 3.05) is 19.6 Å². The molecule has 1 heterocycles. The summed E-state index contributed by atoms with van der Waals surface area (Å²) in [5.74, 6) is 0.403. The second kappa shape index (κ2) is 6.35. The Labute approximate surface area is 96.4 Å².